The molecule has 9 heteroatoms. The number of methoxy groups -OCH3 is 1. The maximum atomic E-state index is 14.2. The van der Waals surface area contributed by atoms with Gasteiger partial charge in [-0.2, -0.15) is 0 Å². The van der Waals surface area contributed by atoms with E-state index in [0.29, 0.717) is 36.9 Å². The van der Waals surface area contributed by atoms with Gasteiger partial charge in [-0.15, -0.1) is 0 Å². The third kappa shape index (κ3) is 6.72. The Hall–Kier alpha value is -3.85. The lowest BCUT2D eigenvalue weighted by Gasteiger charge is -2.40. The summed E-state index contributed by atoms with van der Waals surface area (Å²) in [4.78, 5) is 17.9. The van der Waals surface area contributed by atoms with Gasteiger partial charge in [-0.25, -0.2) is 8.42 Å². The predicted molar refractivity (Wildman–Crippen MR) is 171 cm³/mol. The molecule has 0 radical (unpaired) electrons. The molecule has 1 saturated heterocycles. The first kappa shape index (κ1) is 30.6. The number of hydrogen-bond acceptors (Lipinski definition) is 5. The van der Waals surface area contributed by atoms with Crippen LogP contribution in [0.5, 0.6) is 5.75 Å². The normalized spacial score (nSPS) is 14.1. The maximum Gasteiger partial charge on any atom is 0.268 e. The Morgan fingerprint density at radius 3 is 2.02 bits per heavy atom. The van der Waals surface area contributed by atoms with Crippen LogP contribution in [0.3, 0.4) is 0 Å². The zero-order valence-corrected chi connectivity index (χ0v) is 26.2. The van der Waals surface area contributed by atoms with E-state index in [2.05, 4.69) is 29.2 Å². The first-order valence-electron chi connectivity index (χ1n) is 14.2. The summed E-state index contributed by atoms with van der Waals surface area (Å²) in [5.74, 6) is -0.0646. The van der Waals surface area contributed by atoms with E-state index >= 15 is 0 Å². The molecule has 1 aliphatic heterocycles. The monoisotopic (exact) mass is 617 g/mol. The smallest absolute Gasteiger partial charge is 0.268 e. The summed E-state index contributed by atoms with van der Waals surface area (Å²) >= 11 is 6.42. The Morgan fingerprint density at radius 1 is 0.860 bits per heavy atom. The van der Waals surface area contributed by atoms with Crippen LogP contribution in [0.2, 0.25) is 5.02 Å². The van der Waals surface area contributed by atoms with Crippen LogP contribution in [0.1, 0.15) is 28.3 Å². The quantitative estimate of drug-likeness (QED) is 0.227. The molecule has 43 heavy (non-hydrogen) atoms. The highest BCUT2D eigenvalue weighted by Gasteiger charge is 2.34. The van der Waals surface area contributed by atoms with Crippen molar-refractivity contribution < 1.29 is 17.9 Å². The molecule has 1 fully saturated rings. The Labute approximate surface area is 259 Å². The zero-order chi connectivity index (χ0) is 30.6. The molecule has 0 N–H and O–H groups in total. The summed E-state index contributed by atoms with van der Waals surface area (Å²) < 4.78 is 34.9. The standard InChI is InChI=1S/C34H36ClN3O4S/c1-25-14-17-31(42-3)32(22-25)43(40,41)38(29-16-15-26(2)30(35)23-29)24-33(39)36-18-20-37(21-19-36)34(27-10-6-4-7-11-27)28-12-8-5-9-13-28/h4-17,22-23,34H,18-21,24H2,1-3H3. The van der Waals surface area contributed by atoms with E-state index in [0.717, 1.165) is 15.4 Å². The van der Waals surface area contributed by atoms with Gasteiger partial charge in [0.25, 0.3) is 10.0 Å². The van der Waals surface area contributed by atoms with Crippen LogP contribution < -0.4 is 9.04 Å². The number of ether oxygens (including phenoxy) is 1. The molecule has 0 unspecified atom stereocenters. The second kappa shape index (κ2) is 13.2. The number of rotatable bonds is 9. The molecule has 0 saturated carbocycles. The lowest BCUT2D eigenvalue weighted by Crippen LogP contribution is -2.52. The summed E-state index contributed by atoms with van der Waals surface area (Å²) in [6, 6.07) is 30.8. The van der Waals surface area contributed by atoms with Crippen LogP contribution in [-0.2, 0) is 14.8 Å². The van der Waals surface area contributed by atoms with Gasteiger partial charge in [0.1, 0.15) is 17.2 Å². The Morgan fingerprint density at radius 2 is 1.47 bits per heavy atom. The number of anilines is 1. The van der Waals surface area contributed by atoms with Gasteiger partial charge < -0.3 is 9.64 Å². The number of halogens is 1. The molecule has 0 aliphatic carbocycles. The van der Waals surface area contributed by atoms with Crippen molar-refractivity contribution in [3.05, 3.63) is 124 Å². The number of carbonyl (C=O) groups is 1. The van der Waals surface area contributed by atoms with E-state index in [9.17, 15) is 13.2 Å². The number of sulfonamides is 1. The van der Waals surface area contributed by atoms with E-state index in [1.165, 1.54) is 18.2 Å². The summed E-state index contributed by atoms with van der Waals surface area (Å²) in [5, 5.41) is 0.419. The molecule has 7 nitrogen and oxygen atoms in total. The van der Waals surface area contributed by atoms with Gasteiger partial charge in [-0.3, -0.25) is 14.0 Å². The van der Waals surface area contributed by atoms with Gasteiger partial charge >= 0.3 is 0 Å². The number of aryl methyl sites for hydroxylation is 2. The lowest BCUT2D eigenvalue weighted by molar-refractivity contribution is -0.131. The Bertz CT molecular complexity index is 1640. The second-order valence-corrected chi connectivity index (χ2v) is 13.0. The van der Waals surface area contributed by atoms with Crippen molar-refractivity contribution in [2.24, 2.45) is 0 Å². The fraction of sp³-hybridized carbons (Fsp3) is 0.265. The molecule has 4 aromatic rings. The number of piperazine rings is 1. The van der Waals surface area contributed by atoms with Gasteiger partial charge in [0, 0.05) is 31.2 Å². The summed E-state index contributed by atoms with van der Waals surface area (Å²) in [6.07, 6.45) is 0. The molecule has 0 atom stereocenters. The van der Waals surface area contributed by atoms with E-state index in [1.807, 2.05) is 50.2 Å². The molecule has 0 spiro atoms. The Kier molecular flexibility index (Phi) is 9.40. The van der Waals surface area contributed by atoms with E-state index in [-0.39, 0.29) is 29.1 Å². The number of benzene rings is 4. The number of amides is 1. The average Bonchev–Trinajstić information content (AvgIpc) is 3.02. The molecule has 0 bridgehead atoms. The highest BCUT2D eigenvalue weighted by Crippen LogP contribution is 2.33. The van der Waals surface area contributed by atoms with Crippen LogP contribution >= 0.6 is 11.6 Å². The summed E-state index contributed by atoms with van der Waals surface area (Å²) in [6.45, 7) is 5.55. The van der Waals surface area contributed by atoms with Crippen LogP contribution in [0.25, 0.3) is 0 Å². The fourth-order valence-corrected chi connectivity index (χ4v) is 7.32. The highest BCUT2D eigenvalue weighted by atomic mass is 35.5. The minimum Gasteiger partial charge on any atom is -0.495 e. The van der Waals surface area contributed by atoms with Gasteiger partial charge in [-0.1, -0.05) is 84.4 Å². The third-order valence-electron chi connectivity index (χ3n) is 7.87. The molecular formula is C34H36ClN3O4S. The minimum atomic E-state index is -4.19. The third-order valence-corrected chi connectivity index (χ3v) is 10.1. The first-order valence-corrected chi connectivity index (χ1v) is 16.1. The van der Waals surface area contributed by atoms with Crippen LogP contribution in [0.4, 0.5) is 5.69 Å². The van der Waals surface area contributed by atoms with Gasteiger partial charge in [-0.05, 0) is 60.4 Å². The van der Waals surface area contributed by atoms with Crippen LogP contribution in [0.15, 0.2) is 102 Å². The van der Waals surface area contributed by atoms with E-state index < -0.39 is 10.0 Å². The molecule has 1 amide bonds. The van der Waals surface area contributed by atoms with Crippen molar-refractivity contribution in [3.8, 4) is 5.75 Å². The van der Waals surface area contributed by atoms with Crippen molar-refractivity contribution >= 4 is 33.2 Å². The van der Waals surface area contributed by atoms with Crippen molar-refractivity contribution in [1.29, 1.82) is 0 Å². The van der Waals surface area contributed by atoms with Crippen molar-refractivity contribution in [3.63, 3.8) is 0 Å². The van der Waals surface area contributed by atoms with Gasteiger partial charge in [0.15, 0.2) is 0 Å². The second-order valence-electron chi connectivity index (χ2n) is 10.7. The molecule has 1 aliphatic rings. The minimum absolute atomic E-state index is 0.00196. The highest BCUT2D eigenvalue weighted by molar-refractivity contribution is 7.93. The molecule has 224 valence electrons. The van der Waals surface area contributed by atoms with Crippen LogP contribution in [0, 0.1) is 13.8 Å². The largest absolute Gasteiger partial charge is 0.495 e. The summed E-state index contributed by atoms with van der Waals surface area (Å²) in [5.41, 5.74) is 4.27. The number of hydrogen-bond donors (Lipinski definition) is 0. The molecular weight excluding hydrogens is 582 g/mol. The van der Waals surface area contributed by atoms with Gasteiger partial charge in [0.2, 0.25) is 5.91 Å². The van der Waals surface area contributed by atoms with Crippen molar-refractivity contribution in [1.82, 2.24) is 9.80 Å². The average molecular weight is 618 g/mol. The van der Waals surface area contributed by atoms with Crippen molar-refractivity contribution in [2.75, 3.05) is 44.1 Å². The molecule has 1 heterocycles. The van der Waals surface area contributed by atoms with E-state index in [4.69, 9.17) is 16.3 Å². The summed E-state index contributed by atoms with van der Waals surface area (Å²) in [7, 11) is -2.76. The molecule has 4 aromatic carbocycles. The SMILES string of the molecule is COc1ccc(C)cc1S(=O)(=O)N(CC(=O)N1CCN(C(c2ccccc2)c2ccccc2)CC1)c1ccc(C)c(Cl)c1. The number of carbonyl (C=O) groups excluding carboxylic acids is 1. The van der Waals surface area contributed by atoms with Gasteiger partial charge in [0.05, 0.1) is 18.8 Å². The number of nitrogens with zero attached hydrogens (tertiary/aromatic N) is 3. The van der Waals surface area contributed by atoms with Crippen LogP contribution in [-0.4, -0.2) is 64.0 Å². The lowest BCUT2D eigenvalue weighted by atomic mass is 9.96. The predicted octanol–water partition coefficient (Wildman–Crippen LogP) is 6.09. The topological polar surface area (TPSA) is 70.2 Å². The first-order chi connectivity index (χ1) is 20.7. The van der Waals surface area contributed by atoms with E-state index in [1.54, 1.807) is 41.3 Å². The molecule has 0 aromatic heterocycles. The molecule has 5 rings (SSSR count). The Balaban J connectivity index is 1.40. The van der Waals surface area contributed by atoms with Crippen molar-refractivity contribution in [2.45, 2.75) is 24.8 Å². The maximum absolute atomic E-state index is 14.2. The fourth-order valence-electron chi connectivity index (χ4n) is 5.49. The zero-order valence-electron chi connectivity index (χ0n) is 24.6.